The Morgan fingerprint density at radius 3 is 2.31 bits per heavy atom. The average Bonchev–Trinajstić information content (AvgIpc) is 2.15. The van der Waals surface area contributed by atoms with E-state index >= 15 is 0 Å². The maximum Gasteiger partial charge on any atom is 0.00539 e. The SMILES string of the molecule is CN(C)C[C@@H](CS)c1ccccc1. The first kappa shape index (κ1) is 10.6. The highest BCUT2D eigenvalue weighted by Gasteiger charge is 2.09. The van der Waals surface area contributed by atoms with Crippen LogP contribution in [0.25, 0.3) is 0 Å². The van der Waals surface area contributed by atoms with Crippen LogP contribution in [0.4, 0.5) is 0 Å². The van der Waals surface area contributed by atoms with Crippen LogP contribution in [0.5, 0.6) is 0 Å². The molecular weight excluding hydrogens is 178 g/mol. The van der Waals surface area contributed by atoms with Gasteiger partial charge >= 0.3 is 0 Å². The van der Waals surface area contributed by atoms with Crippen LogP contribution in [0.2, 0.25) is 0 Å². The molecule has 0 aliphatic heterocycles. The Morgan fingerprint density at radius 1 is 1.23 bits per heavy atom. The van der Waals surface area contributed by atoms with E-state index in [0.717, 1.165) is 12.3 Å². The first-order valence-electron chi connectivity index (χ1n) is 4.54. The highest BCUT2D eigenvalue weighted by atomic mass is 32.1. The number of thiol groups is 1. The largest absolute Gasteiger partial charge is 0.309 e. The van der Waals surface area contributed by atoms with Gasteiger partial charge in [-0.25, -0.2) is 0 Å². The summed E-state index contributed by atoms with van der Waals surface area (Å²) >= 11 is 4.37. The zero-order chi connectivity index (χ0) is 9.68. The molecule has 1 atom stereocenters. The van der Waals surface area contributed by atoms with Gasteiger partial charge in [0.15, 0.2) is 0 Å². The standard InChI is InChI=1S/C11H17NS/c1-12(2)8-11(9-13)10-6-4-3-5-7-10/h3-7,11,13H,8-9H2,1-2H3/t11-/m0/s1. The summed E-state index contributed by atoms with van der Waals surface area (Å²) in [7, 11) is 4.19. The summed E-state index contributed by atoms with van der Waals surface area (Å²) in [6, 6.07) is 10.6. The molecule has 72 valence electrons. The van der Waals surface area contributed by atoms with Gasteiger partial charge in [-0.2, -0.15) is 12.6 Å². The highest BCUT2D eigenvalue weighted by Crippen LogP contribution is 2.17. The lowest BCUT2D eigenvalue weighted by Gasteiger charge is -2.19. The van der Waals surface area contributed by atoms with E-state index in [0.29, 0.717) is 5.92 Å². The average molecular weight is 195 g/mol. The van der Waals surface area contributed by atoms with Crippen LogP contribution in [-0.2, 0) is 0 Å². The third-order valence-electron chi connectivity index (χ3n) is 2.08. The van der Waals surface area contributed by atoms with Crippen molar-refractivity contribution >= 4 is 12.6 Å². The van der Waals surface area contributed by atoms with Crippen molar-refractivity contribution in [1.82, 2.24) is 4.90 Å². The van der Waals surface area contributed by atoms with Crippen molar-refractivity contribution in [3.63, 3.8) is 0 Å². The molecule has 2 heteroatoms. The van der Waals surface area contributed by atoms with Gasteiger partial charge in [0.2, 0.25) is 0 Å². The molecule has 0 aliphatic carbocycles. The van der Waals surface area contributed by atoms with Crippen LogP contribution in [0.1, 0.15) is 11.5 Å². The maximum absolute atomic E-state index is 4.37. The quantitative estimate of drug-likeness (QED) is 0.721. The molecule has 0 aromatic heterocycles. The fourth-order valence-electron chi connectivity index (χ4n) is 1.43. The van der Waals surface area contributed by atoms with Crippen LogP contribution in [0.3, 0.4) is 0 Å². The Balaban J connectivity index is 2.67. The first-order valence-corrected chi connectivity index (χ1v) is 5.18. The normalized spacial score (nSPS) is 13.2. The van der Waals surface area contributed by atoms with Crippen LogP contribution < -0.4 is 0 Å². The monoisotopic (exact) mass is 195 g/mol. The summed E-state index contributed by atoms with van der Waals surface area (Å²) in [5.74, 6) is 1.45. The lowest BCUT2D eigenvalue weighted by molar-refractivity contribution is 0.385. The summed E-state index contributed by atoms with van der Waals surface area (Å²) in [5, 5.41) is 0. The van der Waals surface area contributed by atoms with Crippen LogP contribution in [-0.4, -0.2) is 31.3 Å². The lowest BCUT2D eigenvalue weighted by atomic mass is 10.0. The smallest absolute Gasteiger partial charge is 0.00539 e. The predicted octanol–water partition coefficient (Wildman–Crippen LogP) is 2.26. The summed E-state index contributed by atoms with van der Waals surface area (Å²) in [5.41, 5.74) is 1.38. The van der Waals surface area contributed by atoms with E-state index < -0.39 is 0 Å². The summed E-state index contributed by atoms with van der Waals surface area (Å²) < 4.78 is 0. The zero-order valence-electron chi connectivity index (χ0n) is 8.27. The fraction of sp³-hybridized carbons (Fsp3) is 0.455. The van der Waals surface area contributed by atoms with Crippen LogP contribution in [0, 0.1) is 0 Å². The second-order valence-electron chi connectivity index (χ2n) is 3.55. The van der Waals surface area contributed by atoms with Gasteiger partial charge in [0, 0.05) is 12.5 Å². The van der Waals surface area contributed by atoms with E-state index in [2.05, 4.69) is 62.0 Å². The summed E-state index contributed by atoms with van der Waals surface area (Å²) in [6.45, 7) is 1.06. The molecular formula is C11H17NS. The first-order chi connectivity index (χ1) is 6.24. The van der Waals surface area contributed by atoms with Gasteiger partial charge in [0.05, 0.1) is 0 Å². The van der Waals surface area contributed by atoms with E-state index in [1.807, 2.05) is 0 Å². The molecule has 1 rings (SSSR count). The van der Waals surface area contributed by atoms with Crippen LogP contribution in [0.15, 0.2) is 30.3 Å². The number of rotatable bonds is 4. The van der Waals surface area contributed by atoms with E-state index in [4.69, 9.17) is 0 Å². The van der Waals surface area contributed by atoms with E-state index in [1.165, 1.54) is 5.56 Å². The highest BCUT2D eigenvalue weighted by molar-refractivity contribution is 7.80. The molecule has 0 saturated heterocycles. The van der Waals surface area contributed by atoms with E-state index in [-0.39, 0.29) is 0 Å². The summed E-state index contributed by atoms with van der Waals surface area (Å²) in [4.78, 5) is 2.20. The second kappa shape index (κ2) is 5.30. The molecule has 0 radical (unpaired) electrons. The molecule has 0 bridgehead atoms. The molecule has 0 N–H and O–H groups in total. The van der Waals surface area contributed by atoms with Gasteiger partial charge in [0.25, 0.3) is 0 Å². The van der Waals surface area contributed by atoms with Crippen molar-refractivity contribution in [1.29, 1.82) is 0 Å². The van der Waals surface area contributed by atoms with Gasteiger partial charge in [0.1, 0.15) is 0 Å². The molecule has 13 heavy (non-hydrogen) atoms. The van der Waals surface area contributed by atoms with Crippen molar-refractivity contribution in [3.8, 4) is 0 Å². The minimum absolute atomic E-state index is 0.541. The van der Waals surface area contributed by atoms with Gasteiger partial charge in [-0.1, -0.05) is 30.3 Å². The molecule has 0 amide bonds. The van der Waals surface area contributed by atoms with Gasteiger partial charge in [-0.05, 0) is 25.4 Å². The van der Waals surface area contributed by atoms with Gasteiger partial charge in [-0.3, -0.25) is 0 Å². The Morgan fingerprint density at radius 2 is 1.85 bits per heavy atom. The van der Waals surface area contributed by atoms with Crippen molar-refractivity contribution in [2.24, 2.45) is 0 Å². The molecule has 0 spiro atoms. The van der Waals surface area contributed by atoms with E-state index in [1.54, 1.807) is 0 Å². The minimum atomic E-state index is 0.541. The number of hydrogen-bond acceptors (Lipinski definition) is 2. The summed E-state index contributed by atoms with van der Waals surface area (Å²) in [6.07, 6.45) is 0. The molecule has 1 nitrogen and oxygen atoms in total. The van der Waals surface area contributed by atoms with Crippen LogP contribution >= 0.6 is 12.6 Å². The van der Waals surface area contributed by atoms with Gasteiger partial charge in [-0.15, -0.1) is 0 Å². The number of benzene rings is 1. The Hall–Kier alpha value is -0.470. The molecule has 0 heterocycles. The van der Waals surface area contributed by atoms with Crippen molar-refractivity contribution in [2.45, 2.75) is 5.92 Å². The maximum atomic E-state index is 4.37. The Labute approximate surface area is 86.2 Å². The molecule has 1 aromatic rings. The fourth-order valence-corrected chi connectivity index (χ4v) is 1.76. The molecule has 1 aromatic carbocycles. The topological polar surface area (TPSA) is 3.24 Å². The number of hydrogen-bond donors (Lipinski definition) is 1. The molecule has 0 aliphatic rings. The van der Waals surface area contributed by atoms with Crippen molar-refractivity contribution in [3.05, 3.63) is 35.9 Å². The number of nitrogens with zero attached hydrogens (tertiary/aromatic N) is 1. The van der Waals surface area contributed by atoms with Gasteiger partial charge < -0.3 is 4.90 Å². The molecule has 0 fully saturated rings. The second-order valence-corrected chi connectivity index (χ2v) is 3.92. The third kappa shape index (κ3) is 3.41. The third-order valence-corrected chi connectivity index (χ3v) is 2.52. The zero-order valence-corrected chi connectivity index (χ0v) is 9.17. The van der Waals surface area contributed by atoms with E-state index in [9.17, 15) is 0 Å². The van der Waals surface area contributed by atoms with Crippen molar-refractivity contribution < 1.29 is 0 Å². The molecule has 0 unspecified atom stereocenters. The molecule has 0 saturated carbocycles. The lowest BCUT2D eigenvalue weighted by Crippen LogP contribution is -2.21. The number of likely N-dealkylation sites (N-methyl/N-ethyl adjacent to an activating group) is 1. The predicted molar refractivity (Wildman–Crippen MR) is 61.6 cm³/mol. The Kier molecular flexibility index (Phi) is 4.33. The minimum Gasteiger partial charge on any atom is -0.309 e. The van der Waals surface area contributed by atoms with Crippen molar-refractivity contribution in [2.75, 3.05) is 26.4 Å². The Bertz CT molecular complexity index is 233.